The van der Waals surface area contributed by atoms with Gasteiger partial charge in [0.15, 0.2) is 0 Å². The first-order chi connectivity index (χ1) is 7.25. The minimum absolute atomic E-state index is 0.171. The summed E-state index contributed by atoms with van der Waals surface area (Å²) in [5.74, 6) is 1.05. The molecule has 2 N–H and O–H groups in total. The number of nitrogens with zero attached hydrogens (tertiary/aromatic N) is 2. The van der Waals surface area contributed by atoms with E-state index in [4.69, 9.17) is 11.6 Å². The van der Waals surface area contributed by atoms with Crippen LogP contribution in [0.4, 0.5) is 5.82 Å². The number of anilines is 1. The van der Waals surface area contributed by atoms with Crippen LogP contribution in [0, 0.1) is 5.92 Å². The van der Waals surface area contributed by atoms with Crippen molar-refractivity contribution in [2.75, 3.05) is 11.9 Å². The highest BCUT2D eigenvalue weighted by molar-refractivity contribution is 6.29. The molecule has 15 heavy (non-hydrogen) atoms. The summed E-state index contributed by atoms with van der Waals surface area (Å²) in [7, 11) is 0. The van der Waals surface area contributed by atoms with E-state index in [2.05, 4.69) is 15.3 Å². The Morgan fingerprint density at radius 2 is 2.33 bits per heavy atom. The summed E-state index contributed by atoms with van der Waals surface area (Å²) in [4.78, 5) is 7.84. The quantitative estimate of drug-likeness (QED) is 0.772. The maximum atomic E-state index is 9.62. The van der Waals surface area contributed by atoms with E-state index in [0.29, 0.717) is 16.9 Å². The fraction of sp³-hybridized carbons (Fsp3) is 0.600. The van der Waals surface area contributed by atoms with E-state index in [1.165, 1.54) is 6.33 Å². The molecule has 0 amide bonds. The van der Waals surface area contributed by atoms with Crippen LogP contribution >= 0.6 is 11.6 Å². The maximum absolute atomic E-state index is 9.62. The van der Waals surface area contributed by atoms with Gasteiger partial charge in [0.2, 0.25) is 0 Å². The molecule has 0 aliphatic heterocycles. The molecule has 0 aromatic carbocycles. The smallest absolute Gasteiger partial charge is 0.134 e. The number of hydrogen-bond acceptors (Lipinski definition) is 4. The van der Waals surface area contributed by atoms with Crippen LogP contribution in [0.2, 0.25) is 5.15 Å². The second kappa shape index (κ2) is 4.77. The Hall–Kier alpha value is -0.870. The predicted molar refractivity (Wildman–Crippen MR) is 58.9 cm³/mol. The summed E-state index contributed by atoms with van der Waals surface area (Å²) < 4.78 is 0. The van der Waals surface area contributed by atoms with Crippen molar-refractivity contribution in [2.24, 2.45) is 5.92 Å². The molecule has 1 saturated carbocycles. The van der Waals surface area contributed by atoms with Crippen LogP contribution in [0.3, 0.4) is 0 Å². The van der Waals surface area contributed by atoms with E-state index in [1.807, 2.05) is 0 Å². The van der Waals surface area contributed by atoms with Crippen molar-refractivity contribution in [2.45, 2.75) is 25.4 Å². The van der Waals surface area contributed by atoms with Gasteiger partial charge in [-0.3, -0.25) is 0 Å². The zero-order valence-electron chi connectivity index (χ0n) is 8.36. The van der Waals surface area contributed by atoms with E-state index < -0.39 is 0 Å². The van der Waals surface area contributed by atoms with Crippen molar-refractivity contribution in [1.82, 2.24) is 9.97 Å². The van der Waals surface area contributed by atoms with Crippen molar-refractivity contribution in [3.63, 3.8) is 0 Å². The van der Waals surface area contributed by atoms with Crippen LogP contribution in [0.15, 0.2) is 12.4 Å². The lowest BCUT2D eigenvalue weighted by atomic mass is 10.1. The third-order valence-corrected chi connectivity index (χ3v) is 3.00. The molecule has 0 radical (unpaired) electrons. The average molecular weight is 228 g/mol. The zero-order chi connectivity index (χ0) is 10.7. The number of halogens is 1. The van der Waals surface area contributed by atoms with E-state index in [9.17, 15) is 5.11 Å². The van der Waals surface area contributed by atoms with Crippen molar-refractivity contribution in [3.8, 4) is 0 Å². The third kappa shape index (κ3) is 2.79. The highest BCUT2D eigenvalue weighted by Crippen LogP contribution is 2.25. The van der Waals surface area contributed by atoms with Gasteiger partial charge in [-0.05, 0) is 12.8 Å². The second-order valence-corrected chi connectivity index (χ2v) is 4.25. The highest BCUT2D eigenvalue weighted by Gasteiger charge is 2.24. The minimum atomic E-state index is -0.171. The Bertz CT molecular complexity index is 334. The Morgan fingerprint density at radius 3 is 3.00 bits per heavy atom. The van der Waals surface area contributed by atoms with Crippen LogP contribution in [0.5, 0.6) is 0 Å². The van der Waals surface area contributed by atoms with Gasteiger partial charge in [0, 0.05) is 18.5 Å². The van der Waals surface area contributed by atoms with Gasteiger partial charge in [-0.2, -0.15) is 0 Å². The van der Waals surface area contributed by atoms with E-state index in [-0.39, 0.29) is 6.10 Å². The van der Waals surface area contributed by atoms with Crippen LogP contribution < -0.4 is 5.32 Å². The molecule has 4 nitrogen and oxygen atoms in total. The lowest BCUT2D eigenvalue weighted by Crippen LogP contribution is -2.22. The minimum Gasteiger partial charge on any atom is -0.393 e. The van der Waals surface area contributed by atoms with E-state index >= 15 is 0 Å². The largest absolute Gasteiger partial charge is 0.393 e. The number of nitrogens with one attached hydrogen (secondary N) is 1. The summed E-state index contributed by atoms with van der Waals surface area (Å²) >= 11 is 5.73. The van der Waals surface area contributed by atoms with Crippen LogP contribution in [-0.2, 0) is 0 Å². The second-order valence-electron chi connectivity index (χ2n) is 3.87. The zero-order valence-corrected chi connectivity index (χ0v) is 9.11. The van der Waals surface area contributed by atoms with Gasteiger partial charge >= 0.3 is 0 Å². The number of aromatic nitrogens is 2. The molecular weight excluding hydrogens is 214 g/mol. The van der Waals surface area contributed by atoms with Crippen molar-refractivity contribution < 1.29 is 5.11 Å². The summed E-state index contributed by atoms with van der Waals surface area (Å²) in [6.45, 7) is 0.745. The summed E-state index contributed by atoms with van der Waals surface area (Å²) in [5, 5.41) is 13.2. The number of hydrogen-bond donors (Lipinski definition) is 2. The van der Waals surface area contributed by atoms with Crippen LogP contribution in [0.1, 0.15) is 19.3 Å². The molecule has 1 aromatic heterocycles. The Morgan fingerprint density at radius 1 is 1.47 bits per heavy atom. The number of aliphatic hydroxyl groups excluding tert-OH is 1. The molecule has 0 saturated heterocycles. The first kappa shape index (κ1) is 10.6. The number of aliphatic hydroxyl groups is 1. The van der Waals surface area contributed by atoms with E-state index in [0.717, 1.165) is 25.8 Å². The molecule has 1 aromatic rings. The van der Waals surface area contributed by atoms with E-state index in [1.54, 1.807) is 6.07 Å². The van der Waals surface area contributed by atoms with Gasteiger partial charge in [0.05, 0.1) is 6.10 Å². The lowest BCUT2D eigenvalue weighted by molar-refractivity contribution is 0.138. The van der Waals surface area contributed by atoms with Crippen LogP contribution in [-0.4, -0.2) is 27.7 Å². The molecule has 2 atom stereocenters. The van der Waals surface area contributed by atoms with Crippen LogP contribution in [0.25, 0.3) is 0 Å². The summed E-state index contributed by atoms with van der Waals surface area (Å²) in [6, 6.07) is 1.68. The SMILES string of the molecule is OC1CCCC1CNc1cc(Cl)ncn1. The molecular formula is C10H14ClN3O. The molecule has 5 heteroatoms. The van der Waals surface area contributed by atoms with Gasteiger partial charge in [-0.25, -0.2) is 9.97 Å². The first-order valence-corrected chi connectivity index (χ1v) is 5.53. The first-order valence-electron chi connectivity index (χ1n) is 5.15. The third-order valence-electron chi connectivity index (χ3n) is 2.80. The lowest BCUT2D eigenvalue weighted by Gasteiger charge is -2.15. The van der Waals surface area contributed by atoms with Crippen molar-refractivity contribution in [1.29, 1.82) is 0 Å². The molecule has 1 aliphatic carbocycles. The molecule has 82 valence electrons. The molecule has 1 heterocycles. The topological polar surface area (TPSA) is 58.0 Å². The maximum Gasteiger partial charge on any atom is 0.134 e. The van der Waals surface area contributed by atoms with Crippen molar-refractivity contribution in [3.05, 3.63) is 17.5 Å². The van der Waals surface area contributed by atoms with Gasteiger partial charge < -0.3 is 10.4 Å². The highest BCUT2D eigenvalue weighted by atomic mass is 35.5. The van der Waals surface area contributed by atoms with Gasteiger partial charge in [0.1, 0.15) is 17.3 Å². The Labute approximate surface area is 93.7 Å². The summed E-state index contributed by atoms with van der Waals surface area (Å²) in [5.41, 5.74) is 0. The fourth-order valence-electron chi connectivity index (χ4n) is 1.92. The van der Waals surface area contributed by atoms with Gasteiger partial charge in [0.25, 0.3) is 0 Å². The molecule has 1 fully saturated rings. The molecule has 0 bridgehead atoms. The normalized spacial score (nSPS) is 25.5. The van der Waals surface area contributed by atoms with Crippen molar-refractivity contribution >= 4 is 17.4 Å². The number of rotatable bonds is 3. The summed E-state index contributed by atoms with van der Waals surface area (Å²) in [6.07, 6.45) is 4.35. The monoisotopic (exact) mass is 227 g/mol. The predicted octanol–water partition coefficient (Wildman–Crippen LogP) is 1.70. The standard InChI is InChI=1S/C10H14ClN3O/c11-9-4-10(14-6-13-9)12-5-7-2-1-3-8(7)15/h4,6-8,15H,1-3,5H2,(H,12,13,14). The Balaban J connectivity index is 1.87. The molecule has 1 aliphatic rings. The fourth-order valence-corrected chi connectivity index (χ4v) is 2.07. The molecule has 2 rings (SSSR count). The Kier molecular flexibility index (Phi) is 3.38. The van der Waals surface area contributed by atoms with Gasteiger partial charge in [-0.1, -0.05) is 18.0 Å². The molecule has 2 unspecified atom stereocenters. The molecule has 0 spiro atoms. The van der Waals surface area contributed by atoms with Gasteiger partial charge in [-0.15, -0.1) is 0 Å². The average Bonchev–Trinajstić information content (AvgIpc) is 2.61.